The predicted octanol–water partition coefficient (Wildman–Crippen LogP) is 3.39. The molecule has 2 saturated carbocycles. The van der Waals surface area contributed by atoms with Gasteiger partial charge in [0, 0.05) is 12.3 Å². The van der Waals surface area contributed by atoms with E-state index in [2.05, 4.69) is 26.1 Å². The van der Waals surface area contributed by atoms with Crippen LogP contribution in [0, 0.1) is 17.3 Å². The molecule has 0 radical (unpaired) electrons. The van der Waals surface area contributed by atoms with Crippen LogP contribution in [-0.2, 0) is 9.84 Å². The average molecular weight is 316 g/mol. The maximum Gasteiger partial charge on any atom is 0.150 e. The molecule has 4 unspecified atom stereocenters. The molecule has 0 spiro atoms. The van der Waals surface area contributed by atoms with Gasteiger partial charge in [-0.3, -0.25) is 0 Å². The second-order valence-corrected chi connectivity index (χ2v) is 10.3. The highest BCUT2D eigenvalue weighted by Crippen LogP contribution is 2.47. The number of hydrogen-bond acceptors (Lipinski definition) is 3. The molecule has 0 amide bonds. The normalized spacial score (nSPS) is 34.8. The van der Waals surface area contributed by atoms with Crippen LogP contribution in [0.25, 0.3) is 0 Å². The van der Waals surface area contributed by atoms with Crippen molar-refractivity contribution in [3.8, 4) is 0 Å². The maximum atomic E-state index is 11.9. The summed E-state index contributed by atoms with van der Waals surface area (Å²) >= 11 is 0. The molecule has 2 rings (SSSR count). The third-order valence-corrected chi connectivity index (χ3v) is 7.63. The molecule has 4 atom stereocenters. The molecule has 1 N–H and O–H groups in total. The van der Waals surface area contributed by atoms with Crippen molar-refractivity contribution in [2.45, 2.75) is 77.0 Å². The van der Waals surface area contributed by atoms with Crippen LogP contribution in [0.3, 0.4) is 0 Å². The van der Waals surface area contributed by atoms with Crippen LogP contribution in [0.5, 0.6) is 0 Å². The first-order chi connectivity index (χ1) is 9.75. The molecule has 3 nitrogen and oxygen atoms in total. The molecular formula is C17H33NO2S. The molecule has 0 saturated heterocycles. The number of sulfone groups is 1. The van der Waals surface area contributed by atoms with Crippen LogP contribution in [0.4, 0.5) is 0 Å². The zero-order valence-electron chi connectivity index (χ0n) is 14.2. The third-order valence-electron chi connectivity index (χ3n) is 5.99. The van der Waals surface area contributed by atoms with Crippen LogP contribution >= 0.6 is 0 Å². The van der Waals surface area contributed by atoms with Gasteiger partial charge in [0.25, 0.3) is 0 Å². The van der Waals surface area contributed by atoms with Crippen molar-refractivity contribution in [2.24, 2.45) is 17.3 Å². The first-order valence-electron chi connectivity index (χ1n) is 8.68. The Balaban J connectivity index is 2.14. The predicted molar refractivity (Wildman–Crippen MR) is 89.2 cm³/mol. The van der Waals surface area contributed by atoms with Gasteiger partial charge >= 0.3 is 0 Å². The summed E-state index contributed by atoms with van der Waals surface area (Å²) in [4.78, 5) is 0. The van der Waals surface area contributed by atoms with E-state index >= 15 is 0 Å². The minimum Gasteiger partial charge on any atom is -0.314 e. The Morgan fingerprint density at radius 3 is 2.43 bits per heavy atom. The molecule has 0 aromatic carbocycles. The summed E-state index contributed by atoms with van der Waals surface area (Å²) in [6.07, 6.45) is 9.33. The summed E-state index contributed by atoms with van der Waals surface area (Å²) in [6, 6.07) is 0.497. The zero-order valence-corrected chi connectivity index (χ0v) is 15.0. The van der Waals surface area contributed by atoms with Crippen LogP contribution in [-0.4, -0.2) is 32.5 Å². The van der Waals surface area contributed by atoms with Crippen molar-refractivity contribution >= 4 is 9.84 Å². The van der Waals surface area contributed by atoms with Gasteiger partial charge in [-0.2, -0.15) is 0 Å². The zero-order chi connectivity index (χ0) is 15.7. The van der Waals surface area contributed by atoms with Gasteiger partial charge < -0.3 is 5.32 Å². The molecule has 0 heterocycles. The van der Waals surface area contributed by atoms with Crippen molar-refractivity contribution in [1.29, 1.82) is 0 Å². The first kappa shape index (κ1) is 17.3. The van der Waals surface area contributed by atoms with E-state index in [1.165, 1.54) is 31.9 Å². The van der Waals surface area contributed by atoms with Crippen LogP contribution in [0.2, 0.25) is 0 Å². The van der Waals surface area contributed by atoms with E-state index in [4.69, 9.17) is 0 Å². The highest BCUT2D eigenvalue weighted by molar-refractivity contribution is 7.91. The lowest BCUT2D eigenvalue weighted by Gasteiger charge is -2.42. The molecule has 0 aromatic heterocycles. The molecule has 2 aliphatic rings. The van der Waals surface area contributed by atoms with E-state index in [9.17, 15) is 8.42 Å². The molecule has 124 valence electrons. The Bertz CT molecular complexity index is 444. The molecule has 4 heteroatoms. The second kappa shape index (κ2) is 6.57. The highest BCUT2D eigenvalue weighted by Gasteiger charge is 2.43. The molecular weight excluding hydrogens is 282 g/mol. The van der Waals surface area contributed by atoms with Gasteiger partial charge in [-0.25, -0.2) is 8.42 Å². The highest BCUT2D eigenvalue weighted by atomic mass is 32.2. The van der Waals surface area contributed by atoms with Gasteiger partial charge in [-0.05, 0) is 55.9 Å². The first-order valence-corrected chi connectivity index (χ1v) is 10.6. The SMILES string of the molecule is CCNC(C1CCCC(S(C)(=O)=O)C1)C1CCCC1(C)C. The van der Waals surface area contributed by atoms with Gasteiger partial charge in [0.1, 0.15) is 9.84 Å². The van der Waals surface area contributed by atoms with E-state index < -0.39 is 9.84 Å². The maximum absolute atomic E-state index is 11.9. The van der Waals surface area contributed by atoms with E-state index in [-0.39, 0.29) is 5.25 Å². The van der Waals surface area contributed by atoms with Gasteiger partial charge in [-0.1, -0.05) is 33.6 Å². The Morgan fingerprint density at radius 1 is 1.19 bits per heavy atom. The van der Waals surface area contributed by atoms with Crippen molar-refractivity contribution in [2.75, 3.05) is 12.8 Å². The lowest BCUT2D eigenvalue weighted by atomic mass is 9.70. The van der Waals surface area contributed by atoms with E-state index in [0.29, 0.717) is 23.3 Å². The van der Waals surface area contributed by atoms with Crippen molar-refractivity contribution in [3.05, 3.63) is 0 Å². The summed E-state index contributed by atoms with van der Waals surface area (Å²) in [7, 11) is -2.89. The fraction of sp³-hybridized carbons (Fsp3) is 1.00. The van der Waals surface area contributed by atoms with Gasteiger partial charge in [0.2, 0.25) is 0 Å². The molecule has 2 fully saturated rings. The second-order valence-electron chi connectivity index (χ2n) is 7.95. The summed E-state index contributed by atoms with van der Waals surface area (Å²) in [5.74, 6) is 1.22. The van der Waals surface area contributed by atoms with E-state index in [1.807, 2.05) is 0 Å². The van der Waals surface area contributed by atoms with E-state index in [1.54, 1.807) is 0 Å². The Hall–Kier alpha value is -0.0900. The standard InChI is InChI=1S/C17H33NO2S/c1-5-18-16(15-10-7-11-17(15,2)3)13-8-6-9-14(12-13)21(4,19)20/h13-16,18H,5-12H2,1-4H3. The van der Waals surface area contributed by atoms with Crippen LogP contribution in [0.15, 0.2) is 0 Å². The summed E-state index contributed by atoms with van der Waals surface area (Å²) in [5.41, 5.74) is 0.394. The smallest absolute Gasteiger partial charge is 0.150 e. The lowest BCUT2D eigenvalue weighted by molar-refractivity contribution is 0.133. The fourth-order valence-electron chi connectivity index (χ4n) is 4.79. The topological polar surface area (TPSA) is 46.2 Å². The summed E-state index contributed by atoms with van der Waals surface area (Å²) in [6.45, 7) is 7.95. The summed E-state index contributed by atoms with van der Waals surface area (Å²) in [5, 5.41) is 3.62. The average Bonchev–Trinajstić information content (AvgIpc) is 2.75. The van der Waals surface area contributed by atoms with Gasteiger partial charge in [-0.15, -0.1) is 0 Å². The molecule has 0 bridgehead atoms. The molecule has 2 aliphatic carbocycles. The quantitative estimate of drug-likeness (QED) is 0.846. The lowest BCUT2D eigenvalue weighted by Crippen LogP contribution is -2.48. The van der Waals surface area contributed by atoms with Crippen molar-refractivity contribution < 1.29 is 8.42 Å². The van der Waals surface area contributed by atoms with E-state index in [0.717, 1.165) is 25.8 Å². The molecule has 0 aliphatic heterocycles. The van der Waals surface area contributed by atoms with Crippen molar-refractivity contribution in [1.82, 2.24) is 5.32 Å². The van der Waals surface area contributed by atoms with Crippen LogP contribution < -0.4 is 5.32 Å². The fourth-order valence-corrected chi connectivity index (χ4v) is 5.98. The van der Waals surface area contributed by atoms with Crippen molar-refractivity contribution in [3.63, 3.8) is 0 Å². The van der Waals surface area contributed by atoms with Gasteiger partial charge in [0.05, 0.1) is 5.25 Å². The Kier molecular flexibility index (Phi) is 5.40. The number of hydrogen-bond donors (Lipinski definition) is 1. The summed E-state index contributed by atoms with van der Waals surface area (Å²) < 4.78 is 23.9. The largest absolute Gasteiger partial charge is 0.314 e. The Morgan fingerprint density at radius 2 is 1.90 bits per heavy atom. The van der Waals surface area contributed by atoms with Crippen LogP contribution in [0.1, 0.15) is 65.7 Å². The number of nitrogens with one attached hydrogen (secondary N) is 1. The minimum atomic E-state index is -2.89. The third kappa shape index (κ3) is 4.01. The molecule has 0 aromatic rings. The van der Waals surface area contributed by atoms with Gasteiger partial charge in [0.15, 0.2) is 0 Å². The molecule has 21 heavy (non-hydrogen) atoms. The minimum absolute atomic E-state index is 0.109. The Labute approximate surface area is 131 Å². The monoisotopic (exact) mass is 315 g/mol. The number of rotatable bonds is 5.